The molecule has 1 unspecified atom stereocenters. The highest BCUT2D eigenvalue weighted by atomic mass is 19.1. The van der Waals surface area contributed by atoms with E-state index in [4.69, 9.17) is 4.74 Å². The number of methoxy groups -OCH3 is 1. The summed E-state index contributed by atoms with van der Waals surface area (Å²) in [5, 5.41) is 13.0. The molecule has 0 amide bonds. The van der Waals surface area contributed by atoms with Crippen molar-refractivity contribution in [2.45, 2.75) is 31.3 Å². The van der Waals surface area contributed by atoms with E-state index in [1.807, 2.05) is 80.6 Å². The minimum atomic E-state index is -1.68. The van der Waals surface area contributed by atoms with E-state index in [9.17, 15) is 9.50 Å². The van der Waals surface area contributed by atoms with Gasteiger partial charge in [-0.15, -0.1) is 0 Å². The lowest BCUT2D eigenvalue weighted by atomic mass is 9.75. The Morgan fingerprint density at radius 3 is 2.43 bits per heavy atom. The van der Waals surface area contributed by atoms with Crippen LogP contribution < -0.4 is 4.74 Å². The van der Waals surface area contributed by atoms with Crippen LogP contribution in [-0.4, -0.2) is 30.7 Å². The summed E-state index contributed by atoms with van der Waals surface area (Å²) in [5.74, 6) is 0.722. The zero-order valence-electron chi connectivity index (χ0n) is 16.5. The normalized spacial score (nSPS) is 14.3. The molecule has 0 saturated carbocycles. The van der Waals surface area contributed by atoms with Gasteiger partial charge < -0.3 is 9.84 Å². The fourth-order valence-electron chi connectivity index (χ4n) is 3.70. The van der Waals surface area contributed by atoms with E-state index in [2.05, 4.69) is 4.99 Å². The first-order valence-corrected chi connectivity index (χ1v) is 9.33. The van der Waals surface area contributed by atoms with Gasteiger partial charge in [-0.05, 0) is 34.9 Å². The number of hydrogen-bond acceptors (Lipinski definition) is 3. The molecule has 0 radical (unpaired) electrons. The molecule has 0 aliphatic rings. The number of rotatable bonds is 7. The largest absolute Gasteiger partial charge is 0.496 e. The van der Waals surface area contributed by atoms with Crippen molar-refractivity contribution in [3.05, 3.63) is 72.3 Å². The number of ether oxygens (including phenoxy) is 1. The van der Waals surface area contributed by atoms with Crippen molar-refractivity contribution in [3.8, 4) is 5.75 Å². The van der Waals surface area contributed by atoms with Crippen molar-refractivity contribution in [2.24, 2.45) is 4.99 Å². The molecule has 3 rings (SSSR count). The van der Waals surface area contributed by atoms with E-state index in [0.717, 1.165) is 22.1 Å². The first-order chi connectivity index (χ1) is 13.4. The molecule has 0 spiro atoms. The maximum absolute atomic E-state index is 13.9. The van der Waals surface area contributed by atoms with Gasteiger partial charge in [0.05, 0.1) is 12.8 Å². The summed E-state index contributed by atoms with van der Waals surface area (Å²) < 4.78 is 19.4. The lowest BCUT2D eigenvalue weighted by Gasteiger charge is -2.33. The number of para-hydroxylation sites is 1. The number of nitrogens with zero attached hydrogens (tertiary/aromatic N) is 1. The summed E-state index contributed by atoms with van der Waals surface area (Å²) >= 11 is 0. The molecule has 0 fully saturated rings. The van der Waals surface area contributed by atoms with Gasteiger partial charge in [0.15, 0.2) is 0 Å². The molecule has 146 valence electrons. The molecule has 28 heavy (non-hydrogen) atoms. The van der Waals surface area contributed by atoms with Gasteiger partial charge in [0.1, 0.15) is 18.0 Å². The van der Waals surface area contributed by atoms with Crippen LogP contribution in [0.25, 0.3) is 10.8 Å². The SMILES string of the molecule is COc1ccccc1C(C)(C)CC(O)(C=Nc1cccc2ccccc12)CF. The summed E-state index contributed by atoms with van der Waals surface area (Å²) in [7, 11) is 1.61. The van der Waals surface area contributed by atoms with E-state index in [1.165, 1.54) is 6.21 Å². The van der Waals surface area contributed by atoms with Gasteiger partial charge in [-0.25, -0.2) is 4.39 Å². The Labute approximate surface area is 165 Å². The highest BCUT2D eigenvalue weighted by Crippen LogP contribution is 2.37. The second-order valence-electron chi connectivity index (χ2n) is 7.75. The first kappa shape index (κ1) is 20.0. The monoisotopic (exact) mass is 379 g/mol. The first-order valence-electron chi connectivity index (χ1n) is 9.33. The van der Waals surface area contributed by atoms with Gasteiger partial charge in [-0.3, -0.25) is 4.99 Å². The van der Waals surface area contributed by atoms with E-state index in [0.29, 0.717) is 5.69 Å². The molecule has 0 aliphatic carbocycles. The summed E-state index contributed by atoms with van der Waals surface area (Å²) in [4.78, 5) is 4.45. The number of fused-ring (bicyclic) bond motifs is 1. The van der Waals surface area contributed by atoms with Gasteiger partial charge in [0, 0.05) is 11.6 Å². The topological polar surface area (TPSA) is 41.8 Å². The van der Waals surface area contributed by atoms with Crippen LogP contribution in [0.5, 0.6) is 5.75 Å². The van der Waals surface area contributed by atoms with Crippen LogP contribution in [0.3, 0.4) is 0 Å². The Morgan fingerprint density at radius 1 is 1.00 bits per heavy atom. The average molecular weight is 379 g/mol. The van der Waals surface area contributed by atoms with Gasteiger partial charge >= 0.3 is 0 Å². The molecule has 0 aromatic heterocycles. The zero-order chi connectivity index (χ0) is 20.2. The third kappa shape index (κ3) is 4.23. The Balaban J connectivity index is 1.91. The maximum Gasteiger partial charge on any atom is 0.129 e. The molecule has 3 nitrogen and oxygen atoms in total. The fraction of sp³-hybridized carbons (Fsp3) is 0.292. The second kappa shape index (κ2) is 8.11. The number of aliphatic imine (C=N–C) groups is 1. The van der Waals surface area contributed by atoms with Crippen molar-refractivity contribution < 1.29 is 14.2 Å². The van der Waals surface area contributed by atoms with Crippen molar-refractivity contribution in [2.75, 3.05) is 13.8 Å². The summed E-state index contributed by atoms with van der Waals surface area (Å²) in [6, 6.07) is 21.3. The highest BCUT2D eigenvalue weighted by Gasteiger charge is 2.36. The minimum Gasteiger partial charge on any atom is -0.496 e. The second-order valence-corrected chi connectivity index (χ2v) is 7.75. The predicted molar refractivity (Wildman–Crippen MR) is 114 cm³/mol. The van der Waals surface area contributed by atoms with E-state index in [-0.39, 0.29) is 6.42 Å². The van der Waals surface area contributed by atoms with Crippen LogP contribution in [0.1, 0.15) is 25.8 Å². The molecular formula is C24H26FNO2. The number of hydrogen-bond donors (Lipinski definition) is 1. The van der Waals surface area contributed by atoms with Crippen LogP contribution >= 0.6 is 0 Å². The number of alkyl halides is 1. The fourth-order valence-corrected chi connectivity index (χ4v) is 3.70. The van der Waals surface area contributed by atoms with Gasteiger partial charge in [0.2, 0.25) is 0 Å². The Hall–Kier alpha value is -2.72. The Bertz CT molecular complexity index is 978. The number of aliphatic hydroxyl groups is 1. The predicted octanol–water partition coefficient (Wildman–Crippen LogP) is 5.62. The third-order valence-corrected chi connectivity index (χ3v) is 5.03. The van der Waals surface area contributed by atoms with E-state index in [1.54, 1.807) is 7.11 Å². The van der Waals surface area contributed by atoms with Crippen molar-refractivity contribution in [1.82, 2.24) is 0 Å². The lowest BCUT2D eigenvalue weighted by Crippen LogP contribution is -2.40. The Morgan fingerprint density at radius 2 is 1.68 bits per heavy atom. The van der Waals surface area contributed by atoms with Crippen LogP contribution in [-0.2, 0) is 5.41 Å². The van der Waals surface area contributed by atoms with Crippen molar-refractivity contribution in [1.29, 1.82) is 0 Å². The zero-order valence-corrected chi connectivity index (χ0v) is 16.5. The van der Waals surface area contributed by atoms with Gasteiger partial charge in [-0.1, -0.05) is 68.4 Å². The lowest BCUT2D eigenvalue weighted by molar-refractivity contribution is 0.0581. The summed E-state index contributed by atoms with van der Waals surface area (Å²) in [6.07, 6.45) is 1.51. The molecule has 0 bridgehead atoms. The third-order valence-electron chi connectivity index (χ3n) is 5.03. The van der Waals surface area contributed by atoms with Crippen molar-refractivity contribution >= 4 is 22.7 Å². The molecule has 3 aromatic rings. The molecular weight excluding hydrogens is 353 g/mol. The maximum atomic E-state index is 13.9. The van der Waals surface area contributed by atoms with Crippen LogP contribution in [0, 0.1) is 0 Å². The molecule has 4 heteroatoms. The molecule has 0 heterocycles. The minimum absolute atomic E-state index is 0.172. The number of benzene rings is 3. The highest BCUT2D eigenvalue weighted by molar-refractivity contribution is 5.94. The van der Waals surface area contributed by atoms with Crippen LogP contribution in [0.4, 0.5) is 10.1 Å². The van der Waals surface area contributed by atoms with Crippen molar-refractivity contribution in [3.63, 3.8) is 0 Å². The summed E-state index contributed by atoms with van der Waals surface area (Å²) in [5.41, 5.74) is -0.567. The smallest absolute Gasteiger partial charge is 0.129 e. The van der Waals surface area contributed by atoms with Gasteiger partial charge in [0.25, 0.3) is 0 Å². The van der Waals surface area contributed by atoms with Gasteiger partial charge in [-0.2, -0.15) is 0 Å². The van der Waals surface area contributed by atoms with E-state index >= 15 is 0 Å². The van der Waals surface area contributed by atoms with E-state index < -0.39 is 17.7 Å². The number of halogens is 1. The molecule has 1 N–H and O–H groups in total. The van der Waals surface area contributed by atoms with Crippen LogP contribution in [0.2, 0.25) is 0 Å². The quantitative estimate of drug-likeness (QED) is 0.541. The summed E-state index contributed by atoms with van der Waals surface area (Å²) in [6.45, 7) is 3.02. The average Bonchev–Trinajstić information content (AvgIpc) is 2.72. The molecule has 0 aliphatic heterocycles. The molecule has 0 saturated heterocycles. The molecule has 3 aromatic carbocycles. The molecule has 1 atom stereocenters. The standard InChI is InChI=1S/C24H26FNO2/c1-23(2,20-12-6-7-14-22(20)28-3)15-24(27,16-25)17-26-21-13-8-10-18-9-4-5-11-19(18)21/h4-14,17,27H,15-16H2,1-3H3. The van der Waals surface area contributed by atoms with Crippen LogP contribution in [0.15, 0.2) is 71.7 Å². The Kier molecular flexibility index (Phi) is 5.80.